The number of aryl methyl sites for hydroxylation is 1. The van der Waals surface area contributed by atoms with E-state index in [-0.39, 0.29) is 0 Å². The van der Waals surface area contributed by atoms with Gasteiger partial charge in [-0.15, -0.1) is 11.8 Å². The fourth-order valence-electron chi connectivity index (χ4n) is 2.99. The van der Waals surface area contributed by atoms with Gasteiger partial charge in [0.25, 0.3) is 0 Å². The molecule has 0 bridgehead atoms. The quantitative estimate of drug-likeness (QED) is 0.489. The van der Waals surface area contributed by atoms with Crippen molar-refractivity contribution in [2.45, 2.75) is 50.5 Å². The Bertz CT molecular complexity index is 377. The predicted octanol–water partition coefficient (Wildman–Crippen LogP) is 3.75. The van der Waals surface area contributed by atoms with E-state index in [1.54, 1.807) is 0 Å². The van der Waals surface area contributed by atoms with Crippen molar-refractivity contribution >= 4 is 11.8 Å². The molecule has 1 aromatic carbocycles. The minimum absolute atomic E-state index is 0.439. The Morgan fingerprint density at radius 1 is 1.32 bits per heavy atom. The second-order valence-electron chi connectivity index (χ2n) is 5.93. The lowest BCUT2D eigenvalue weighted by Gasteiger charge is -2.32. The standard InChI is InChI=1S/C16H26N2S/c1-12-6-8-15(9-7-12)19-11-16(18-17)14-5-3-4-13(2)10-14/h6-9,13-14,16,18H,3-5,10-11,17H2,1-2H3. The van der Waals surface area contributed by atoms with E-state index in [0.717, 1.165) is 17.6 Å². The SMILES string of the molecule is Cc1ccc(SCC(NN)C2CCCC(C)C2)cc1. The Kier molecular flexibility index (Phi) is 5.74. The van der Waals surface area contributed by atoms with E-state index < -0.39 is 0 Å². The highest BCUT2D eigenvalue weighted by Gasteiger charge is 2.25. The van der Waals surface area contributed by atoms with Gasteiger partial charge in [-0.1, -0.05) is 37.5 Å². The number of benzene rings is 1. The van der Waals surface area contributed by atoms with Crippen molar-refractivity contribution in [1.29, 1.82) is 0 Å². The van der Waals surface area contributed by atoms with Crippen LogP contribution < -0.4 is 11.3 Å². The number of thioether (sulfide) groups is 1. The van der Waals surface area contributed by atoms with E-state index in [0.29, 0.717) is 6.04 Å². The summed E-state index contributed by atoms with van der Waals surface area (Å²) in [5.74, 6) is 8.44. The summed E-state index contributed by atoms with van der Waals surface area (Å²) in [6.07, 6.45) is 5.40. The van der Waals surface area contributed by atoms with Gasteiger partial charge in [0.15, 0.2) is 0 Å². The average Bonchev–Trinajstić information content (AvgIpc) is 2.42. The second-order valence-corrected chi connectivity index (χ2v) is 7.02. The van der Waals surface area contributed by atoms with Crippen molar-refractivity contribution in [2.75, 3.05) is 5.75 Å². The van der Waals surface area contributed by atoms with Gasteiger partial charge >= 0.3 is 0 Å². The summed E-state index contributed by atoms with van der Waals surface area (Å²) in [5, 5.41) is 0. The molecule has 3 heteroatoms. The lowest BCUT2D eigenvalue weighted by molar-refractivity contribution is 0.235. The highest BCUT2D eigenvalue weighted by Crippen LogP contribution is 2.32. The largest absolute Gasteiger partial charge is 0.271 e. The zero-order valence-electron chi connectivity index (χ0n) is 12.1. The second kappa shape index (κ2) is 7.32. The van der Waals surface area contributed by atoms with E-state index in [2.05, 4.69) is 43.5 Å². The number of hydrogen-bond donors (Lipinski definition) is 2. The topological polar surface area (TPSA) is 38.0 Å². The maximum absolute atomic E-state index is 5.77. The highest BCUT2D eigenvalue weighted by molar-refractivity contribution is 7.99. The van der Waals surface area contributed by atoms with Crippen LogP contribution in [0.5, 0.6) is 0 Å². The van der Waals surface area contributed by atoms with Crippen molar-refractivity contribution < 1.29 is 0 Å². The van der Waals surface area contributed by atoms with E-state index in [1.165, 1.54) is 36.1 Å². The molecule has 106 valence electrons. The Morgan fingerprint density at radius 2 is 2.05 bits per heavy atom. The van der Waals surface area contributed by atoms with E-state index >= 15 is 0 Å². The van der Waals surface area contributed by atoms with Gasteiger partial charge in [0.1, 0.15) is 0 Å². The molecule has 0 aromatic heterocycles. The zero-order valence-corrected chi connectivity index (χ0v) is 12.9. The molecule has 0 aliphatic heterocycles. The number of nitrogens with two attached hydrogens (primary N) is 1. The zero-order chi connectivity index (χ0) is 13.7. The molecule has 1 fully saturated rings. The molecule has 1 aliphatic rings. The van der Waals surface area contributed by atoms with Crippen LogP contribution in [0.2, 0.25) is 0 Å². The van der Waals surface area contributed by atoms with E-state index in [1.807, 2.05) is 11.8 Å². The molecule has 2 rings (SSSR count). The van der Waals surface area contributed by atoms with Crippen molar-refractivity contribution in [1.82, 2.24) is 5.43 Å². The minimum atomic E-state index is 0.439. The fraction of sp³-hybridized carbons (Fsp3) is 0.625. The first-order valence-corrected chi connectivity index (χ1v) is 8.33. The van der Waals surface area contributed by atoms with Gasteiger partial charge in [-0.25, -0.2) is 0 Å². The van der Waals surface area contributed by atoms with Gasteiger partial charge in [-0.2, -0.15) is 0 Å². The first-order valence-electron chi connectivity index (χ1n) is 7.34. The number of hydrazine groups is 1. The maximum Gasteiger partial charge on any atom is 0.0332 e. The van der Waals surface area contributed by atoms with E-state index in [9.17, 15) is 0 Å². The van der Waals surface area contributed by atoms with Crippen LogP contribution >= 0.6 is 11.8 Å². The van der Waals surface area contributed by atoms with Gasteiger partial charge in [-0.3, -0.25) is 11.3 Å². The normalized spacial score (nSPS) is 25.2. The molecular weight excluding hydrogens is 252 g/mol. The number of rotatable bonds is 5. The molecule has 3 N–H and O–H groups in total. The summed E-state index contributed by atoms with van der Waals surface area (Å²) in [4.78, 5) is 1.34. The summed E-state index contributed by atoms with van der Waals surface area (Å²) in [7, 11) is 0. The fourth-order valence-corrected chi connectivity index (χ4v) is 4.06. The summed E-state index contributed by atoms with van der Waals surface area (Å²) >= 11 is 1.91. The molecule has 0 spiro atoms. The third kappa shape index (κ3) is 4.51. The molecular formula is C16H26N2S. The van der Waals surface area contributed by atoms with Gasteiger partial charge in [0.05, 0.1) is 0 Å². The summed E-state index contributed by atoms with van der Waals surface area (Å²) in [5.41, 5.74) is 4.37. The van der Waals surface area contributed by atoms with Crippen LogP contribution in [0.25, 0.3) is 0 Å². The van der Waals surface area contributed by atoms with Crippen LogP contribution in [0, 0.1) is 18.8 Å². The monoisotopic (exact) mass is 278 g/mol. The first-order chi connectivity index (χ1) is 9.19. The summed E-state index contributed by atoms with van der Waals surface area (Å²) in [6.45, 7) is 4.49. The molecule has 19 heavy (non-hydrogen) atoms. The van der Waals surface area contributed by atoms with Crippen molar-refractivity contribution in [3.63, 3.8) is 0 Å². The lowest BCUT2D eigenvalue weighted by atomic mass is 9.79. The lowest BCUT2D eigenvalue weighted by Crippen LogP contribution is -2.44. The Morgan fingerprint density at radius 3 is 2.68 bits per heavy atom. The smallest absolute Gasteiger partial charge is 0.0332 e. The summed E-state index contributed by atoms with van der Waals surface area (Å²) < 4.78 is 0. The van der Waals surface area contributed by atoms with Crippen LogP contribution in [-0.2, 0) is 0 Å². The molecule has 3 unspecified atom stereocenters. The van der Waals surface area contributed by atoms with Crippen LogP contribution in [0.4, 0.5) is 0 Å². The van der Waals surface area contributed by atoms with Gasteiger partial charge in [-0.05, 0) is 43.7 Å². The third-order valence-electron chi connectivity index (χ3n) is 4.21. The van der Waals surface area contributed by atoms with Crippen LogP contribution in [0.15, 0.2) is 29.2 Å². The number of hydrogen-bond acceptors (Lipinski definition) is 3. The Balaban J connectivity index is 1.86. The molecule has 0 heterocycles. The van der Waals surface area contributed by atoms with Gasteiger partial charge < -0.3 is 0 Å². The minimum Gasteiger partial charge on any atom is -0.271 e. The third-order valence-corrected chi connectivity index (χ3v) is 5.34. The Hall–Kier alpha value is -0.510. The predicted molar refractivity (Wildman–Crippen MR) is 84.1 cm³/mol. The number of nitrogens with one attached hydrogen (secondary N) is 1. The molecule has 2 nitrogen and oxygen atoms in total. The Labute approximate surface area is 121 Å². The van der Waals surface area contributed by atoms with Crippen molar-refractivity contribution in [3.8, 4) is 0 Å². The van der Waals surface area contributed by atoms with Gasteiger partial charge in [0.2, 0.25) is 0 Å². The molecule has 1 aliphatic carbocycles. The summed E-state index contributed by atoms with van der Waals surface area (Å²) in [6, 6.07) is 9.20. The maximum atomic E-state index is 5.77. The molecule has 0 saturated heterocycles. The van der Waals surface area contributed by atoms with E-state index in [4.69, 9.17) is 5.84 Å². The molecule has 3 atom stereocenters. The van der Waals surface area contributed by atoms with Crippen molar-refractivity contribution in [3.05, 3.63) is 29.8 Å². The molecule has 0 amide bonds. The van der Waals surface area contributed by atoms with Crippen molar-refractivity contribution in [2.24, 2.45) is 17.7 Å². The molecule has 0 radical (unpaired) electrons. The highest BCUT2D eigenvalue weighted by atomic mass is 32.2. The van der Waals surface area contributed by atoms with Crippen LogP contribution in [0.3, 0.4) is 0 Å². The van der Waals surface area contributed by atoms with Crippen LogP contribution in [0.1, 0.15) is 38.2 Å². The molecule has 1 saturated carbocycles. The first kappa shape index (κ1) is 14.9. The van der Waals surface area contributed by atoms with Crippen LogP contribution in [-0.4, -0.2) is 11.8 Å². The molecule has 1 aromatic rings. The van der Waals surface area contributed by atoms with Gasteiger partial charge in [0, 0.05) is 16.7 Å². The average molecular weight is 278 g/mol.